The summed E-state index contributed by atoms with van der Waals surface area (Å²) < 4.78 is 0. The Hall–Kier alpha value is -0.610. The molecule has 1 N–H and O–H groups in total. The SMILES string of the molecule is CC.CCNC(=O)CN1CCN(C)CC1. The van der Waals surface area contributed by atoms with E-state index < -0.39 is 0 Å². The fraction of sp³-hybridized carbons (Fsp3) is 0.909. The summed E-state index contributed by atoms with van der Waals surface area (Å²) >= 11 is 0. The molecule has 0 radical (unpaired) electrons. The second-order valence-electron chi connectivity index (χ2n) is 3.53. The van der Waals surface area contributed by atoms with E-state index in [1.807, 2.05) is 20.8 Å². The van der Waals surface area contributed by atoms with Crippen LogP contribution in [0.5, 0.6) is 0 Å². The number of hydrogen-bond acceptors (Lipinski definition) is 3. The summed E-state index contributed by atoms with van der Waals surface area (Å²) in [5.41, 5.74) is 0. The van der Waals surface area contributed by atoms with Gasteiger partial charge in [0.05, 0.1) is 6.54 Å². The molecule has 4 heteroatoms. The smallest absolute Gasteiger partial charge is 0.234 e. The molecule has 0 aromatic rings. The first-order valence-electron chi connectivity index (χ1n) is 5.90. The number of hydrogen-bond donors (Lipinski definition) is 1. The number of rotatable bonds is 3. The van der Waals surface area contributed by atoms with Crippen molar-refractivity contribution >= 4 is 5.91 Å². The minimum absolute atomic E-state index is 0.145. The third-order valence-corrected chi connectivity index (χ3v) is 2.34. The van der Waals surface area contributed by atoms with Crippen LogP contribution >= 0.6 is 0 Å². The van der Waals surface area contributed by atoms with Gasteiger partial charge in [-0.3, -0.25) is 9.69 Å². The molecule has 1 rings (SSSR count). The molecule has 0 aromatic heterocycles. The van der Waals surface area contributed by atoms with Crippen molar-refractivity contribution in [1.82, 2.24) is 15.1 Å². The molecule has 0 unspecified atom stereocenters. The molecule has 0 saturated carbocycles. The maximum absolute atomic E-state index is 11.2. The van der Waals surface area contributed by atoms with Crippen LogP contribution in [0, 0.1) is 0 Å². The Morgan fingerprint density at radius 3 is 2.20 bits per heavy atom. The fourth-order valence-electron chi connectivity index (χ4n) is 1.46. The van der Waals surface area contributed by atoms with Crippen LogP contribution in [0.3, 0.4) is 0 Å². The van der Waals surface area contributed by atoms with Crippen molar-refractivity contribution in [2.24, 2.45) is 0 Å². The van der Waals surface area contributed by atoms with Crippen LogP contribution in [-0.4, -0.2) is 62.0 Å². The van der Waals surface area contributed by atoms with Gasteiger partial charge in [0.25, 0.3) is 0 Å². The average molecular weight is 215 g/mol. The highest BCUT2D eigenvalue weighted by atomic mass is 16.2. The molecule has 0 spiro atoms. The van der Waals surface area contributed by atoms with E-state index in [0.29, 0.717) is 6.54 Å². The van der Waals surface area contributed by atoms with Gasteiger partial charge in [-0.25, -0.2) is 0 Å². The van der Waals surface area contributed by atoms with E-state index in [2.05, 4.69) is 22.2 Å². The number of carbonyl (C=O) groups excluding carboxylic acids is 1. The number of likely N-dealkylation sites (N-methyl/N-ethyl adjacent to an activating group) is 2. The summed E-state index contributed by atoms with van der Waals surface area (Å²) in [7, 11) is 2.11. The molecule has 0 aromatic carbocycles. The van der Waals surface area contributed by atoms with Gasteiger partial charge in [-0.2, -0.15) is 0 Å². The van der Waals surface area contributed by atoms with Crippen LogP contribution < -0.4 is 5.32 Å². The molecule has 0 aliphatic carbocycles. The minimum atomic E-state index is 0.145. The monoisotopic (exact) mass is 215 g/mol. The summed E-state index contributed by atoms with van der Waals surface area (Å²) in [6, 6.07) is 0. The van der Waals surface area contributed by atoms with Crippen LogP contribution in [0.4, 0.5) is 0 Å². The highest BCUT2D eigenvalue weighted by Crippen LogP contribution is 1.97. The number of amides is 1. The molecule has 1 heterocycles. The second-order valence-corrected chi connectivity index (χ2v) is 3.53. The summed E-state index contributed by atoms with van der Waals surface area (Å²) in [5.74, 6) is 0.145. The van der Waals surface area contributed by atoms with Gasteiger partial charge in [0, 0.05) is 32.7 Å². The summed E-state index contributed by atoms with van der Waals surface area (Å²) in [6.07, 6.45) is 0. The van der Waals surface area contributed by atoms with Crippen LogP contribution in [-0.2, 0) is 4.79 Å². The van der Waals surface area contributed by atoms with Gasteiger partial charge in [0.2, 0.25) is 5.91 Å². The van der Waals surface area contributed by atoms with Gasteiger partial charge in [-0.15, -0.1) is 0 Å². The third-order valence-electron chi connectivity index (χ3n) is 2.34. The van der Waals surface area contributed by atoms with E-state index in [1.54, 1.807) is 0 Å². The quantitative estimate of drug-likeness (QED) is 0.740. The lowest BCUT2D eigenvalue weighted by atomic mass is 10.3. The first-order chi connectivity index (χ1) is 7.22. The highest BCUT2D eigenvalue weighted by molar-refractivity contribution is 5.77. The lowest BCUT2D eigenvalue weighted by Crippen LogP contribution is -2.48. The predicted octanol–water partition coefficient (Wildman–Crippen LogP) is 0.396. The molecule has 0 atom stereocenters. The Balaban J connectivity index is 0.000000921. The summed E-state index contributed by atoms with van der Waals surface area (Å²) in [5, 5.41) is 2.81. The molecular formula is C11H25N3O. The molecule has 15 heavy (non-hydrogen) atoms. The molecule has 4 nitrogen and oxygen atoms in total. The lowest BCUT2D eigenvalue weighted by Gasteiger charge is -2.31. The van der Waals surface area contributed by atoms with Crippen LogP contribution in [0.2, 0.25) is 0 Å². The maximum Gasteiger partial charge on any atom is 0.234 e. The minimum Gasteiger partial charge on any atom is -0.355 e. The zero-order valence-electron chi connectivity index (χ0n) is 10.5. The maximum atomic E-state index is 11.2. The Bertz CT molecular complexity index is 165. The van der Waals surface area contributed by atoms with E-state index >= 15 is 0 Å². The first-order valence-corrected chi connectivity index (χ1v) is 5.90. The third kappa shape index (κ3) is 6.47. The molecule has 0 bridgehead atoms. The fourth-order valence-corrected chi connectivity index (χ4v) is 1.46. The molecule has 1 aliphatic heterocycles. The van der Waals surface area contributed by atoms with E-state index in [1.165, 1.54) is 0 Å². The molecule has 1 saturated heterocycles. The second kappa shape index (κ2) is 8.68. The number of piperazine rings is 1. The topological polar surface area (TPSA) is 35.6 Å². The lowest BCUT2D eigenvalue weighted by molar-refractivity contribution is -0.122. The van der Waals surface area contributed by atoms with Crippen LogP contribution in [0.1, 0.15) is 20.8 Å². The van der Waals surface area contributed by atoms with E-state index in [0.717, 1.165) is 32.7 Å². The van der Waals surface area contributed by atoms with Crippen LogP contribution in [0.25, 0.3) is 0 Å². The molecule has 90 valence electrons. The molecule has 1 aliphatic rings. The van der Waals surface area contributed by atoms with Gasteiger partial charge in [-0.1, -0.05) is 13.8 Å². The average Bonchev–Trinajstić information content (AvgIpc) is 2.25. The van der Waals surface area contributed by atoms with E-state index in [9.17, 15) is 4.79 Å². The predicted molar refractivity (Wildman–Crippen MR) is 64.0 cm³/mol. The molecule has 1 fully saturated rings. The van der Waals surface area contributed by atoms with Crippen molar-refractivity contribution in [2.75, 3.05) is 46.3 Å². The van der Waals surface area contributed by atoms with Crippen molar-refractivity contribution in [3.8, 4) is 0 Å². The number of nitrogens with one attached hydrogen (secondary N) is 1. The molecule has 1 amide bonds. The number of nitrogens with zero attached hydrogens (tertiary/aromatic N) is 2. The summed E-state index contributed by atoms with van der Waals surface area (Å²) in [6.45, 7) is 11.4. The van der Waals surface area contributed by atoms with Gasteiger partial charge in [0.1, 0.15) is 0 Å². The Morgan fingerprint density at radius 1 is 1.20 bits per heavy atom. The zero-order chi connectivity index (χ0) is 11.7. The largest absolute Gasteiger partial charge is 0.355 e. The standard InChI is InChI=1S/C9H19N3O.C2H6/c1-3-10-9(13)8-12-6-4-11(2)5-7-12;1-2/h3-8H2,1-2H3,(H,10,13);1-2H3. The van der Waals surface area contributed by atoms with Crippen molar-refractivity contribution in [2.45, 2.75) is 20.8 Å². The van der Waals surface area contributed by atoms with Crippen LogP contribution in [0.15, 0.2) is 0 Å². The highest BCUT2D eigenvalue weighted by Gasteiger charge is 2.15. The van der Waals surface area contributed by atoms with Gasteiger partial charge in [0.15, 0.2) is 0 Å². The van der Waals surface area contributed by atoms with Crippen molar-refractivity contribution < 1.29 is 4.79 Å². The Kier molecular flexibility index (Phi) is 8.33. The first kappa shape index (κ1) is 14.4. The summed E-state index contributed by atoms with van der Waals surface area (Å²) in [4.78, 5) is 15.7. The van der Waals surface area contributed by atoms with Gasteiger partial charge in [-0.05, 0) is 14.0 Å². The molecular weight excluding hydrogens is 190 g/mol. The van der Waals surface area contributed by atoms with Gasteiger partial charge < -0.3 is 10.2 Å². The van der Waals surface area contributed by atoms with Crippen molar-refractivity contribution in [1.29, 1.82) is 0 Å². The normalized spacial score (nSPS) is 17.9. The van der Waals surface area contributed by atoms with Crippen molar-refractivity contribution in [3.63, 3.8) is 0 Å². The zero-order valence-corrected chi connectivity index (χ0v) is 10.5. The van der Waals surface area contributed by atoms with Gasteiger partial charge >= 0.3 is 0 Å². The Labute approximate surface area is 93.6 Å². The van der Waals surface area contributed by atoms with Crippen molar-refractivity contribution in [3.05, 3.63) is 0 Å². The Morgan fingerprint density at radius 2 is 1.73 bits per heavy atom. The van der Waals surface area contributed by atoms with E-state index in [-0.39, 0.29) is 5.91 Å². The van der Waals surface area contributed by atoms with E-state index in [4.69, 9.17) is 0 Å². The number of carbonyl (C=O) groups is 1.